The number of aliphatic hydroxyl groups excluding tert-OH is 1. The molecule has 190 valence electrons. The first-order valence-electron chi connectivity index (χ1n) is 12.3. The highest BCUT2D eigenvalue weighted by atomic mass is 16.3. The number of β-amino-alcohol motifs (C(OH)–C–C–N with tert-alkyl or cyclic N) is 1. The summed E-state index contributed by atoms with van der Waals surface area (Å²) in [6.45, 7) is 10.4. The summed E-state index contributed by atoms with van der Waals surface area (Å²) < 4.78 is 1.63. The van der Waals surface area contributed by atoms with Crippen molar-refractivity contribution in [3.8, 4) is 0 Å². The molecule has 2 N–H and O–H groups in total. The Labute approximate surface area is 206 Å². The van der Waals surface area contributed by atoms with Crippen LogP contribution >= 0.6 is 0 Å². The molecule has 1 aromatic heterocycles. The van der Waals surface area contributed by atoms with Gasteiger partial charge in [-0.05, 0) is 17.5 Å². The number of carbonyl (C=O) groups is 2. The Morgan fingerprint density at radius 2 is 1.83 bits per heavy atom. The second-order valence-corrected chi connectivity index (χ2v) is 10.6. The molecule has 2 aliphatic heterocycles. The summed E-state index contributed by atoms with van der Waals surface area (Å²) in [5.74, 6) is -0.493. The van der Waals surface area contributed by atoms with E-state index in [1.54, 1.807) is 11.7 Å². The fourth-order valence-electron chi connectivity index (χ4n) is 5.05. The topological polar surface area (TPSA) is 107 Å². The van der Waals surface area contributed by atoms with Crippen LogP contribution in [0.1, 0.15) is 38.9 Å². The molecule has 10 nitrogen and oxygen atoms in total. The van der Waals surface area contributed by atoms with Gasteiger partial charge in [0.1, 0.15) is 12.1 Å². The first-order valence-corrected chi connectivity index (χ1v) is 12.3. The number of likely N-dealkylation sites (tertiary alicyclic amines) is 1. The molecule has 2 saturated heterocycles. The molecule has 2 fully saturated rings. The molecule has 10 heteroatoms. The second kappa shape index (κ2) is 10.3. The predicted octanol–water partition coefficient (Wildman–Crippen LogP) is 0.895. The van der Waals surface area contributed by atoms with Crippen molar-refractivity contribution >= 4 is 17.5 Å². The van der Waals surface area contributed by atoms with Gasteiger partial charge in [-0.3, -0.25) is 14.5 Å². The first kappa shape index (κ1) is 25.1. The van der Waals surface area contributed by atoms with E-state index >= 15 is 0 Å². The van der Waals surface area contributed by atoms with E-state index in [1.807, 2.05) is 33.0 Å². The van der Waals surface area contributed by atoms with E-state index in [0.717, 1.165) is 31.9 Å². The number of hydrogen-bond acceptors (Lipinski definition) is 7. The van der Waals surface area contributed by atoms with E-state index in [2.05, 4.69) is 49.7 Å². The molecule has 0 unspecified atom stereocenters. The Hall–Kier alpha value is -2.98. The Balaban J connectivity index is 1.44. The highest BCUT2D eigenvalue weighted by Gasteiger charge is 2.45. The van der Waals surface area contributed by atoms with Crippen LogP contribution in [0, 0.1) is 5.41 Å². The zero-order valence-corrected chi connectivity index (χ0v) is 21.1. The number of nitrogens with one attached hydrogen (secondary N) is 1. The third-order valence-electron chi connectivity index (χ3n) is 6.87. The van der Waals surface area contributed by atoms with Gasteiger partial charge in [-0.1, -0.05) is 44.2 Å². The highest BCUT2D eigenvalue weighted by Crippen LogP contribution is 2.34. The van der Waals surface area contributed by atoms with Crippen molar-refractivity contribution in [3.63, 3.8) is 0 Å². The predicted molar refractivity (Wildman–Crippen MR) is 133 cm³/mol. The molecule has 2 aromatic rings. The second-order valence-electron chi connectivity index (χ2n) is 10.6. The minimum absolute atomic E-state index is 0.136. The molecule has 3 atom stereocenters. The molecule has 0 radical (unpaired) electrons. The number of anilines is 1. The molecule has 0 bridgehead atoms. The maximum Gasteiger partial charge on any atom is 0.248 e. The fourth-order valence-corrected chi connectivity index (χ4v) is 5.05. The molecule has 0 saturated carbocycles. The Morgan fingerprint density at radius 1 is 1.14 bits per heavy atom. The van der Waals surface area contributed by atoms with E-state index in [-0.39, 0.29) is 24.8 Å². The summed E-state index contributed by atoms with van der Waals surface area (Å²) in [5, 5.41) is 21.5. The van der Waals surface area contributed by atoms with Crippen molar-refractivity contribution in [2.24, 2.45) is 5.41 Å². The molecule has 2 aliphatic rings. The normalized spacial score (nSPS) is 22.3. The summed E-state index contributed by atoms with van der Waals surface area (Å²) in [6.07, 6.45) is 1.36. The average molecular weight is 484 g/mol. The van der Waals surface area contributed by atoms with Gasteiger partial charge in [-0.25, -0.2) is 4.68 Å². The van der Waals surface area contributed by atoms with Crippen LogP contribution in [0.4, 0.5) is 5.69 Å². The van der Waals surface area contributed by atoms with Crippen LogP contribution in [0.15, 0.2) is 36.5 Å². The van der Waals surface area contributed by atoms with Crippen LogP contribution in [0.3, 0.4) is 0 Å². The quantitative estimate of drug-likeness (QED) is 0.629. The molecule has 35 heavy (non-hydrogen) atoms. The number of para-hydroxylation sites is 1. The Kier molecular flexibility index (Phi) is 7.42. The van der Waals surface area contributed by atoms with E-state index in [0.29, 0.717) is 6.54 Å². The molecule has 2 amide bonds. The zero-order chi connectivity index (χ0) is 25.2. The molecular weight excluding hydrogens is 446 g/mol. The van der Waals surface area contributed by atoms with Gasteiger partial charge in [0.05, 0.1) is 18.0 Å². The van der Waals surface area contributed by atoms with Crippen LogP contribution in [0.5, 0.6) is 0 Å². The number of nitrogens with zero attached hydrogens (tertiary/aromatic N) is 6. The first-order chi connectivity index (χ1) is 16.7. The fraction of sp³-hybridized carbons (Fsp3) is 0.600. The van der Waals surface area contributed by atoms with Gasteiger partial charge >= 0.3 is 0 Å². The van der Waals surface area contributed by atoms with E-state index in [1.165, 1.54) is 10.6 Å². The number of amides is 2. The lowest BCUT2D eigenvalue weighted by Gasteiger charge is -2.35. The van der Waals surface area contributed by atoms with Crippen LogP contribution in [0.2, 0.25) is 0 Å². The third-order valence-corrected chi connectivity index (χ3v) is 6.87. The summed E-state index contributed by atoms with van der Waals surface area (Å²) in [6, 6.07) is 9.10. The summed E-state index contributed by atoms with van der Waals surface area (Å²) in [5.41, 5.74) is 1.58. The SMILES string of the molecule is CNC(=O)[C@@H]1C[C@@H](O)CN1C(=O)[C@@H](n1cc(CN2CCN(c3ccccc3)CC2)nn1)C(C)(C)C. The Morgan fingerprint density at radius 3 is 2.46 bits per heavy atom. The largest absolute Gasteiger partial charge is 0.391 e. The monoisotopic (exact) mass is 483 g/mol. The van der Waals surface area contributed by atoms with Crippen molar-refractivity contribution in [2.45, 2.75) is 51.9 Å². The number of aromatic nitrogens is 3. The molecule has 0 spiro atoms. The smallest absolute Gasteiger partial charge is 0.248 e. The van der Waals surface area contributed by atoms with Crippen LogP contribution in [-0.2, 0) is 16.1 Å². The van der Waals surface area contributed by atoms with Crippen molar-refractivity contribution < 1.29 is 14.7 Å². The third kappa shape index (κ3) is 5.65. The lowest BCUT2D eigenvalue weighted by Crippen LogP contribution is -2.49. The number of piperazine rings is 1. The molecular formula is C25H37N7O3. The van der Waals surface area contributed by atoms with E-state index < -0.39 is 23.6 Å². The van der Waals surface area contributed by atoms with Crippen LogP contribution in [-0.4, -0.2) is 93.6 Å². The van der Waals surface area contributed by atoms with Crippen LogP contribution < -0.4 is 10.2 Å². The van der Waals surface area contributed by atoms with Crippen molar-refractivity contribution in [2.75, 3.05) is 44.7 Å². The maximum atomic E-state index is 13.7. The summed E-state index contributed by atoms with van der Waals surface area (Å²) >= 11 is 0. The Bertz CT molecular complexity index is 1010. The average Bonchev–Trinajstić information content (AvgIpc) is 3.45. The van der Waals surface area contributed by atoms with Gasteiger partial charge < -0.3 is 20.2 Å². The van der Waals surface area contributed by atoms with E-state index in [9.17, 15) is 14.7 Å². The van der Waals surface area contributed by atoms with Crippen molar-refractivity contribution in [1.29, 1.82) is 0 Å². The number of aliphatic hydroxyl groups is 1. The highest BCUT2D eigenvalue weighted by molar-refractivity contribution is 5.90. The molecule has 1 aromatic carbocycles. The maximum absolute atomic E-state index is 13.7. The van der Waals surface area contributed by atoms with Crippen LogP contribution in [0.25, 0.3) is 0 Å². The summed E-state index contributed by atoms with van der Waals surface area (Å²) in [7, 11) is 1.54. The molecule has 0 aliphatic carbocycles. The van der Waals surface area contributed by atoms with Gasteiger partial charge in [0.2, 0.25) is 11.8 Å². The van der Waals surface area contributed by atoms with Crippen molar-refractivity contribution in [1.82, 2.24) is 30.1 Å². The molecule has 3 heterocycles. The number of hydrogen-bond donors (Lipinski definition) is 2. The lowest BCUT2D eigenvalue weighted by molar-refractivity contribution is -0.144. The zero-order valence-electron chi connectivity index (χ0n) is 21.1. The number of benzene rings is 1. The van der Waals surface area contributed by atoms with Crippen molar-refractivity contribution in [3.05, 3.63) is 42.2 Å². The summed E-state index contributed by atoms with van der Waals surface area (Å²) in [4.78, 5) is 32.3. The van der Waals surface area contributed by atoms with E-state index in [4.69, 9.17) is 0 Å². The number of carbonyl (C=O) groups excluding carboxylic acids is 2. The molecule has 4 rings (SSSR count). The number of rotatable bonds is 6. The lowest BCUT2D eigenvalue weighted by atomic mass is 9.85. The van der Waals surface area contributed by atoms with Gasteiger partial charge in [0.25, 0.3) is 0 Å². The minimum atomic E-state index is -0.720. The van der Waals surface area contributed by atoms with Gasteiger partial charge in [0.15, 0.2) is 0 Å². The number of likely N-dealkylation sites (N-methyl/N-ethyl adjacent to an activating group) is 1. The van der Waals surface area contributed by atoms with Gasteiger partial charge in [-0.15, -0.1) is 5.10 Å². The van der Waals surface area contributed by atoms with Gasteiger partial charge in [0, 0.05) is 58.4 Å². The van der Waals surface area contributed by atoms with Gasteiger partial charge in [-0.2, -0.15) is 0 Å². The minimum Gasteiger partial charge on any atom is -0.391 e. The standard InChI is InChI=1S/C25H37N7O3/c1-25(2,3)22(24(35)31-17-20(33)14-21(31)23(34)26-4)32-16-18(27-28-32)15-29-10-12-30(13-11-29)19-8-6-5-7-9-19/h5-9,16,20-22,33H,10-15,17H2,1-4H3,(H,26,34)/t20-,21+,22-/m1/s1.